The highest BCUT2D eigenvalue weighted by Crippen LogP contribution is 2.15. The number of nitrogens with zero attached hydrogens (tertiary/aromatic N) is 1. The van der Waals surface area contributed by atoms with Crippen LogP contribution >= 0.6 is 0 Å². The molecule has 1 aliphatic rings. The lowest BCUT2D eigenvalue weighted by Crippen LogP contribution is -2.34. The van der Waals surface area contributed by atoms with E-state index in [4.69, 9.17) is 5.73 Å². The van der Waals surface area contributed by atoms with Gasteiger partial charge >= 0.3 is 0 Å². The van der Waals surface area contributed by atoms with Crippen molar-refractivity contribution in [3.63, 3.8) is 0 Å². The van der Waals surface area contributed by atoms with Crippen molar-refractivity contribution < 1.29 is 0 Å². The standard InChI is InChI=1S/C12H26N2/c1-12-7-6-10-14(11-12)9-5-3-2-4-8-13/h12H,2-11,13H2,1H3/t12-/m0/s1. The summed E-state index contributed by atoms with van der Waals surface area (Å²) in [4.78, 5) is 2.64. The van der Waals surface area contributed by atoms with Crippen molar-refractivity contribution >= 4 is 0 Å². The number of rotatable bonds is 6. The molecule has 0 amide bonds. The zero-order valence-electron chi connectivity index (χ0n) is 9.67. The first-order valence-corrected chi connectivity index (χ1v) is 6.25. The lowest BCUT2D eigenvalue weighted by molar-refractivity contribution is 0.181. The fourth-order valence-corrected chi connectivity index (χ4v) is 2.32. The molecule has 2 heteroatoms. The molecule has 1 rings (SSSR count). The van der Waals surface area contributed by atoms with Crippen LogP contribution in [0.1, 0.15) is 45.4 Å². The van der Waals surface area contributed by atoms with E-state index in [1.165, 1.54) is 58.2 Å². The molecule has 0 bridgehead atoms. The van der Waals surface area contributed by atoms with Crippen molar-refractivity contribution in [3.8, 4) is 0 Å². The number of unbranched alkanes of at least 4 members (excludes halogenated alkanes) is 3. The summed E-state index contributed by atoms with van der Waals surface area (Å²) in [7, 11) is 0. The van der Waals surface area contributed by atoms with Gasteiger partial charge in [0.15, 0.2) is 0 Å². The van der Waals surface area contributed by atoms with Crippen molar-refractivity contribution in [2.45, 2.75) is 45.4 Å². The van der Waals surface area contributed by atoms with Crippen molar-refractivity contribution in [2.24, 2.45) is 11.7 Å². The molecule has 0 aliphatic carbocycles. The first kappa shape index (κ1) is 12.0. The van der Waals surface area contributed by atoms with Crippen LogP contribution in [0.4, 0.5) is 0 Å². The van der Waals surface area contributed by atoms with Crippen LogP contribution in [0, 0.1) is 5.92 Å². The fourth-order valence-electron chi connectivity index (χ4n) is 2.32. The lowest BCUT2D eigenvalue weighted by Gasteiger charge is -2.30. The van der Waals surface area contributed by atoms with Gasteiger partial charge in [0, 0.05) is 6.54 Å². The molecule has 0 aromatic carbocycles. The Kier molecular flexibility index (Phi) is 6.20. The average Bonchev–Trinajstić information content (AvgIpc) is 2.18. The summed E-state index contributed by atoms with van der Waals surface area (Å²) in [5.41, 5.74) is 5.46. The minimum atomic E-state index is 0.862. The summed E-state index contributed by atoms with van der Waals surface area (Å²) in [6.07, 6.45) is 8.10. The second-order valence-corrected chi connectivity index (χ2v) is 4.75. The van der Waals surface area contributed by atoms with Crippen LogP contribution in [0.2, 0.25) is 0 Å². The third-order valence-corrected chi connectivity index (χ3v) is 3.17. The Balaban J connectivity index is 1.95. The number of likely N-dealkylation sites (tertiary alicyclic amines) is 1. The second kappa shape index (κ2) is 7.24. The maximum atomic E-state index is 5.46. The smallest absolute Gasteiger partial charge is 0.000703 e. The Bertz CT molecular complexity index is 136. The monoisotopic (exact) mass is 198 g/mol. The number of hydrogen-bond donors (Lipinski definition) is 1. The van der Waals surface area contributed by atoms with E-state index in [1.807, 2.05) is 0 Å². The van der Waals surface area contributed by atoms with Gasteiger partial charge in [-0.25, -0.2) is 0 Å². The Labute approximate surface area is 88.8 Å². The molecule has 1 saturated heterocycles. The Morgan fingerprint density at radius 2 is 2.00 bits per heavy atom. The molecule has 0 spiro atoms. The van der Waals surface area contributed by atoms with E-state index < -0.39 is 0 Å². The van der Waals surface area contributed by atoms with Gasteiger partial charge in [0.05, 0.1) is 0 Å². The molecule has 0 aromatic heterocycles. The fraction of sp³-hybridized carbons (Fsp3) is 1.00. The molecular formula is C12H26N2. The predicted octanol–water partition coefficient (Wildman–Crippen LogP) is 2.24. The minimum absolute atomic E-state index is 0.862. The maximum Gasteiger partial charge on any atom is 0.000703 e. The van der Waals surface area contributed by atoms with Gasteiger partial charge in [-0.05, 0) is 51.2 Å². The molecule has 1 fully saturated rings. The van der Waals surface area contributed by atoms with Crippen LogP contribution in [-0.4, -0.2) is 31.1 Å². The summed E-state index contributed by atoms with van der Waals surface area (Å²) in [5.74, 6) is 0.924. The zero-order valence-corrected chi connectivity index (χ0v) is 9.67. The van der Waals surface area contributed by atoms with Gasteiger partial charge in [0.1, 0.15) is 0 Å². The van der Waals surface area contributed by atoms with Gasteiger partial charge in [0.2, 0.25) is 0 Å². The van der Waals surface area contributed by atoms with E-state index in [0.29, 0.717) is 0 Å². The van der Waals surface area contributed by atoms with Gasteiger partial charge < -0.3 is 10.6 Å². The molecule has 84 valence electrons. The number of piperidine rings is 1. The Morgan fingerprint density at radius 3 is 2.71 bits per heavy atom. The molecule has 0 radical (unpaired) electrons. The van der Waals surface area contributed by atoms with Crippen LogP contribution in [0.15, 0.2) is 0 Å². The summed E-state index contributed by atoms with van der Waals surface area (Å²) in [6, 6.07) is 0. The molecule has 1 atom stereocenters. The molecule has 14 heavy (non-hydrogen) atoms. The molecule has 1 aliphatic heterocycles. The first-order valence-electron chi connectivity index (χ1n) is 6.25. The van der Waals surface area contributed by atoms with E-state index in [-0.39, 0.29) is 0 Å². The normalized spacial score (nSPS) is 24.0. The zero-order chi connectivity index (χ0) is 10.2. The van der Waals surface area contributed by atoms with Gasteiger partial charge in [-0.1, -0.05) is 19.8 Å². The predicted molar refractivity (Wildman–Crippen MR) is 62.4 cm³/mol. The quantitative estimate of drug-likeness (QED) is 0.663. The summed E-state index contributed by atoms with van der Waals surface area (Å²) >= 11 is 0. The van der Waals surface area contributed by atoms with E-state index in [2.05, 4.69) is 11.8 Å². The largest absolute Gasteiger partial charge is 0.330 e. The Hall–Kier alpha value is -0.0800. The van der Waals surface area contributed by atoms with Crippen molar-refractivity contribution in [1.82, 2.24) is 4.90 Å². The van der Waals surface area contributed by atoms with E-state index >= 15 is 0 Å². The van der Waals surface area contributed by atoms with Crippen LogP contribution in [0.25, 0.3) is 0 Å². The van der Waals surface area contributed by atoms with Crippen LogP contribution in [-0.2, 0) is 0 Å². The maximum absolute atomic E-state index is 5.46. The third kappa shape index (κ3) is 4.97. The molecule has 0 unspecified atom stereocenters. The number of hydrogen-bond acceptors (Lipinski definition) is 2. The summed E-state index contributed by atoms with van der Waals surface area (Å²) < 4.78 is 0. The first-order chi connectivity index (χ1) is 6.83. The lowest BCUT2D eigenvalue weighted by atomic mass is 10.00. The van der Waals surface area contributed by atoms with Crippen LogP contribution in [0.3, 0.4) is 0 Å². The highest BCUT2D eigenvalue weighted by Gasteiger charge is 2.14. The average molecular weight is 198 g/mol. The number of nitrogens with two attached hydrogens (primary N) is 1. The van der Waals surface area contributed by atoms with Crippen LogP contribution < -0.4 is 5.73 Å². The van der Waals surface area contributed by atoms with Gasteiger partial charge in [-0.15, -0.1) is 0 Å². The summed E-state index contributed by atoms with van der Waals surface area (Å²) in [5, 5.41) is 0. The minimum Gasteiger partial charge on any atom is -0.330 e. The third-order valence-electron chi connectivity index (χ3n) is 3.17. The highest BCUT2D eigenvalue weighted by molar-refractivity contribution is 4.69. The molecule has 0 saturated carbocycles. The molecular weight excluding hydrogens is 172 g/mol. The van der Waals surface area contributed by atoms with Crippen molar-refractivity contribution in [1.29, 1.82) is 0 Å². The summed E-state index contributed by atoms with van der Waals surface area (Å²) in [6.45, 7) is 7.22. The van der Waals surface area contributed by atoms with Crippen LogP contribution in [0.5, 0.6) is 0 Å². The van der Waals surface area contributed by atoms with Crippen molar-refractivity contribution in [3.05, 3.63) is 0 Å². The topological polar surface area (TPSA) is 29.3 Å². The van der Waals surface area contributed by atoms with Gasteiger partial charge in [-0.2, -0.15) is 0 Å². The van der Waals surface area contributed by atoms with Crippen molar-refractivity contribution in [2.75, 3.05) is 26.2 Å². The Morgan fingerprint density at radius 1 is 1.21 bits per heavy atom. The molecule has 1 heterocycles. The molecule has 2 nitrogen and oxygen atoms in total. The van der Waals surface area contributed by atoms with E-state index in [0.717, 1.165) is 12.5 Å². The molecule has 0 aromatic rings. The van der Waals surface area contributed by atoms with Gasteiger partial charge in [0.25, 0.3) is 0 Å². The SMILES string of the molecule is C[C@H]1CCCN(CCCCCCN)C1. The second-order valence-electron chi connectivity index (χ2n) is 4.75. The van der Waals surface area contributed by atoms with E-state index in [9.17, 15) is 0 Å². The van der Waals surface area contributed by atoms with E-state index in [1.54, 1.807) is 0 Å². The van der Waals surface area contributed by atoms with Gasteiger partial charge in [-0.3, -0.25) is 0 Å². The molecule has 2 N–H and O–H groups in total. The highest BCUT2D eigenvalue weighted by atomic mass is 15.1.